The SMILES string of the molecule is [B][P+]1(CCC)[C@@H](c2ccccc2)CC[C@@H]1c1ccccc1. The topological polar surface area (TPSA) is 0 Å². The molecule has 0 unspecified atom stereocenters. The molecule has 1 aliphatic heterocycles. The van der Waals surface area contributed by atoms with Gasteiger partial charge in [0, 0.05) is 6.16 Å². The highest BCUT2D eigenvalue weighted by molar-refractivity contribution is 7.98. The molecule has 0 nitrogen and oxygen atoms in total. The van der Waals surface area contributed by atoms with Gasteiger partial charge < -0.3 is 0 Å². The van der Waals surface area contributed by atoms with E-state index < -0.39 is 7.14 Å². The van der Waals surface area contributed by atoms with Crippen molar-refractivity contribution in [1.29, 1.82) is 0 Å². The van der Waals surface area contributed by atoms with E-state index in [2.05, 4.69) is 67.6 Å². The first-order chi connectivity index (χ1) is 10.3. The monoisotopic (exact) mass is 293 g/mol. The second-order valence-electron chi connectivity index (χ2n) is 6.15. The van der Waals surface area contributed by atoms with Gasteiger partial charge >= 0.3 is 7.57 Å². The minimum Gasteiger partial charge on any atom is -0.0622 e. The number of benzene rings is 2. The maximum absolute atomic E-state index is 7.13. The summed E-state index contributed by atoms with van der Waals surface area (Å²) in [6.07, 6.45) is 4.88. The van der Waals surface area contributed by atoms with Crippen molar-refractivity contribution in [3.8, 4) is 0 Å². The molecule has 1 saturated heterocycles. The van der Waals surface area contributed by atoms with Gasteiger partial charge in [0.25, 0.3) is 0 Å². The highest BCUT2D eigenvalue weighted by Gasteiger charge is 2.53. The zero-order valence-electron chi connectivity index (χ0n) is 12.8. The fourth-order valence-corrected chi connectivity index (χ4v) is 8.50. The molecule has 3 rings (SSSR count). The van der Waals surface area contributed by atoms with Crippen LogP contribution >= 0.6 is 7.14 Å². The Balaban J connectivity index is 1.97. The molecule has 0 N–H and O–H groups in total. The zero-order chi connectivity index (χ0) is 14.7. The first-order valence-corrected chi connectivity index (χ1v) is 10.2. The Morgan fingerprint density at radius 1 is 0.857 bits per heavy atom. The van der Waals surface area contributed by atoms with E-state index in [1.54, 1.807) is 0 Å². The molecule has 1 fully saturated rings. The predicted molar refractivity (Wildman–Crippen MR) is 95.4 cm³/mol. The van der Waals surface area contributed by atoms with Gasteiger partial charge in [-0.15, -0.1) is 0 Å². The van der Waals surface area contributed by atoms with Crippen LogP contribution < -0.4 is 0 Å². The summed E-state index contributed by atoms with van der Waals surface area (Å²) < 4.78 is 0. The average molecular weight is 293 g/mol. The largest absolute Gasteiger partial charge is 0.366 e. The van der Waals surface area contributed by atoms with E-state index in [1.165, 1.54) is 36.6 Å². The Kier molecular flexibility index (Phi) is 4.50. The van der Waals surface area contributed by atoms with Crippen molar-refractivity contribution in [3.05, 3.63) is 71.8 Å². The summed E-state index contributed by atoms with van der Waals surface area (Å²) in [6.45, 7) is 2.27. The Labute approximate surface area is 130 Å². The molecule has 0 aromatic heterocycles. The molecule has 2 aromatic rings. The third kappa shape index (κ3) is 2.81. The number of rotatable bonds is 4. The van der Waals surface area contributed by atoms with Crippen molar-refractivity contribution in [2.75, 3.05) is 6.16 Å². The highest BCUT2D eigenvalue weighted by Crippen LogP contribution is 2.81. The summed E-state index contributed by atoms with van der Waals surface area (Å²) in [7, 11) is 5.65. The Morgan fingerprint density at radius 3 is 1.67 bits per heavy atom. The Hall–Kier alpha value is -1.07. The first-order valence-electron chi connectivity index (χ1n) is 8.01. The fourth-order valence-electron chi connectivity index (χ4n) is 3.95. The number of hydrogen-bond donors (Lipinski definition) is 0. The minimum atomic E-state index is -1.48. The third-order valence-corrected chi connectivity index (χ3v) is 9.51. The van der Waals surface area contributed by atoms with Crippen LogP contribution in [0.1, 0.15) is 48.6 Å². The van der Waals surface area contributed by atoms with Crippen LogP contribution in [0, 0.1) is 0 Å². The van der Waals surface area contributed by atoms with E-state index in [0.29, 0.717) is 11.3 Å². The van der Waals surface area contributed by atoms with Crippen LogP contribution in [0.4, 0.5) is 0 Å². The smallest absolute Gasteiger partial charge is 0.0622 e. The zero-order valence-corrected chi connectivity index (χ0v) is 13.7. The predicted octanol–water partition coefficient (Wildman–Crippen LogP) is 5.77. The van der Waals surface area contributed by atoms with E-state index in [4.69, 9.17) is 7.57 Å². The number of hydrogen-bond acceptors (Lipinski definition) is 0. The molecular weight excluding hydrogens is 270 g/mol. The van der Waals surface area contributed by atoms with E-state index in [-0.39, 0.29) is 0 Å². The molecule has 2 aromatic carbocycles. The molecule has 2 heteroatoms. The van der Waals surface area contributed by atoms with Crippen molar-refractivity contribution in [3.63, 3.8) is 0 Å². The molecule has 0 amide bonds. The molecule has 0 aliphatic carbocycles. The van der Waals surface area contributed by atoms with Gasteiger partial charge in [-0.05, 0) is 37.5 Å². The van der Waals surface area contributed by atoms with Gasteiger partial charge in [0.2, 0.25) is 0 Å². The van der Waals surface area contributed by atoms with Crippen LogP contribution in [0.25, 0.3) is 0 Å². The molecule has 0 spiro atoms. The van der Waals surface area contributed by atoms with E-state index >= 15 is 0 Å². The van der Waals surface area contributed by atoms with Crippen molar-refractivity contribution < 1.29 is 0 Å². The molecule has 2 radical (unpaired) electrons. The van der Waals surface area contributed by atoms with Gasteiger partial charge in [0.1, 0.15) is 0 Å². The molecule has 21 heavy (non-hydrogen) atoms. The van der Waals surface area contributed by atoms with Crippen LogP contribution in [-0.4, -0.2) is 13.7 Å². The summed E-state index contributed by atoms with van der Waals surface area (Å²) in [5.41, 5.74) is 4.09. The Bertz CT molecular complexity index is 519. The molecule has 106 valence electrons. The standard InChI is InChI=1S/C19H23BP/c1-2-15-21(20)18(16-9-5-3-6-10-16)13-14-19(21)17-11-7-4-8-12-17/h3-12,18-19H,2,13-15H2,1H3/q+1/t18-,19-/m1/s1. The molecule has 2 atom stereocenters. The lowest BCUT2D eigenvalue weighted by molar-refractivity contribution is 0.765. The van der Waals surface area contributed by atoms with Crippen LogP contribution in [0.5, 0.6) is 0 Å². The summed E-state index contributed by atoms with van der Waals surface area (Å²) in [5, 5.41) is 0. The second-order valence-corrected chi connectivity index (χ2v) is 9.83. The summed E-state index contributed by atoms with van der Waals surface area (Å²) in [5.74, 6) is 0. The average Bonchev–Trinajstić information content (AvgIpc) is 2.86. The first kappa shape index (κ1) is 14.9. The minimum absolute atomic E-state index is 0.587. The van der Waals surface area contributed by atoms with Crippen LogP contribution in [0.15, 0.2) is 60.7 Å². The normalized spacial score (nSPS) is 24.0. The van der Waals surface area contributed by atoms with E-state index in [1.807, 2.05) is 0 Å². The summed E-state index contributed by atoms with van der Waals surface area (Å²) >= 11 is 0. The van der Waals surface area contributed by atoms with Gasteiger partial charge in [-0.25, -0.2) is 0 Å². The highest BCUT2D eigenvalue weighted by atomic mass is 31.2. The second kappa shape index (κ2) is 6.36. The summed E-state index contributed by atoms with van der Waals surface area (Å²) in [6, 6.07) is 21.9. The lowest BCUT2D eigenvalue weighted by Gasteiger charge is -2.31. The maximum atomic E-state index is 7.13. The maximum Gasteiger partial charge on any atom is 0.366 e. The van der Waals surface area contributed by atoms with Gasteiger partial charge in [-0.1, -0.05) is 67.6 Å². The van der Waals surface area contributed by atoms with Gasteiger partial charge in [0.15, 0.2) is 0 Å². The fraction of sp³-hybridized carbons (Fsp3) is 0.368. The van der Waals surface area contributed by atoms with Crippen molar-refractivity contribution in [2.45, 2.75) is 37.5 Å². The van der Waals surface area contributed by atoms with Gasteiger partial charge in [0.05, 0.1) is 11.3 Å². The van der Waals surface area contributed by atoms with E-state index in [0.717, 1.165) is 0 Å². The van der Waals surface area contributed by atoms with Crippen LogP contribution in [0.3, 0.4) is 0 Å². The molecular formula is C19H23BP+. The molecule has 0 saturated carbocycles. The Morgan fingerprint density at radius 2 is 1.29 bits per heavy atom. The molecule has 1 aliphatic rings. The van der Waals surface area contributed by atoms with Crippen LogP contribution in [0.2, 0.25) is 0 Å². The third-order valence-electron chi connectivity index (χ3n) is 4.85. The van der Waals surface area contributed by atoms with Crippen molar-refractivity contribution in [1.82, 2.24) is 0 Å². The lowest BCUT2D eigenvalue weighted by atomic mass is 10.0. The molecule has 0 bridgehead atoms. The van der Waals surface area contributed by atoms with Crippen molar-refractivity contribution in [2.24, 2.45) is 0 Å². The van der Waals surface area contributed by atoms with Crippen LogP contribution in [-0.2, 0) is 0 Å². The molecule has 1 heterocycles. The van der Waals surface area contributed by atoms with Crippen molar-refractivity contribution >= 4 is 14.7 Å². The quantitative estimate of drug-likeness (QED) is 0.495. The summed E-state index contributed by atoms with van der Waals surface area (Å²) in [4.78, 5) is 0. The van der Waals surface area contributed by atoms with E-state index in [9.17, 15) is 0 Å². The van der Waals surface area contributed by atoms with Gasteiger partial charge in [-0.3, -0.25) is 0 Å². The lowest BCUT2D eigenvalue weighted by Crippen LogP contribution is -2.09. The van der Waals surface area contributed by atoms with Gasteiger partial charge in [-0.2, -0.15) is 0 Å².